The van der Waals surface area contributed by atoms with Crippen molar-refractivity contribution in [3.63, 3.8) is 0 Å². The Morgan fingerprint density at radius 3 is 2.61 bits per heavy atom. The van der Waals surface area contributed by atoms with Crippen LogP contribution >= 0.6 is 23.2 Å². The summed E-state index contributed by atoms with van der Waals surface area (Å²) in [6.07, 6.45) is 9.77. The Labute approximate surface area is 261 Å². The molecule has 44 heavy (non-hydrogen) atoms. The van der Waals surface area contributed by atoms with E-state index in [9.17, 15) is 9.59 Å². The first-order valence-corrected chi connectivity index (χ1v) is 15.2. The summed E-state index contributed by atoms with van der Waals surface area (Å²) < 4.78 is 20.8. The molecule has 1 aliphatic heterocycles. The Hall–Kier alpha value is -4.35. The summed E-state index contributed by atoms with van der Waals surface area (Å²) in [5, 5.41) is 16.0. The Balaban J connectivity index is 1.34. The average molecular weight is 634 g/mol. The molecule has 2 atom stereocenters. The van der Waals surface area contributed by atoms with Gasteiger partial charge in [-0.3, -0.25) is 19.3 Å². The zero-order chi connectivity index (χ0) is 30.5. The Morgan fingerprint density at radius 1 is 1.00 bits per heavy atom. The van der Waals surface area contributed by atoms with E-state index in [1.165, 1.54) is 27.7 Å². The third kappa shape index (κ3) is 5.30. The van der Waals surface area contributed by atoms with Crippen LogP contribution in [0.4, 0.5) is 10.1 Å². The van der Waals surface area contributed by atoms with Gasteiger partial charge < -0.3 is 9.88 Å². The minimum absolute atomic E-state index is 0.0634. The van der Waals surface area contributed by atoms with Gasteiger partial charge in [-0.05, 0) is 56.0 Å². The van der Waals surface area contributed by atoms with Crippen molar-refractivity contribution in [3.8, 4) is 28.1 Å². The highest BCUT2D eigenvalue weighted by Crippen LogP contribution is 2.41. The molecule has 1 N–H and O–H groups in total. The predicted octanol–water partition coefficient (Wildman–Crippen LogP) is 6.48. The molecule has 10 nitrogen and oxygen atoms in total. The van der Waals surface area contributed by atoms with Crippen LogP contribution in [0, 0.1) is 11.7 Å². The van der Waals surface area contributed by atoms with E-state index >= 15 is 4.39 Å². The molecule has 0 radical (unpaired) electrons. The number of nitrogens with one attached hydrogen (secondary N) is 1. The van der Waals surface area contributed by atoms with Crippen LogP contribution in [-0.4, -0.2) is 40.2 Å². The van der Waals surface area contributed by atoms with Crippen LogP contribution in [0.25, 0.3) is 28.1 Å². The summed E-state index contributed by atoms with van der Waals surface area (Å²) in [5.74, 6) is -0.990. The molecule has 1 aromatic carbocycles. The number of rotatable bonds is 4. The molecule has 0 saturated heterocycles. The molecular weight excluding hydrogens is 606 g/mol. The molecule has 2 aliphatic rings. The number of halogens is 3. The third-order valence-corrected chi connectivity index (χ3v) is 8.64. The fraction of sp³-hybridized carbons (Fsp3) is 0.290. The zero-order valence-corrected chi connectivity index (χ0v) is 25.1. The van der Waals surface area contributed by atoms with E-state index in [-0.39, 0.29) is 28.6 Å². The van der Waals surface area contributed by atoms with Gasteiger partial charge in [0.2, 0.25) is 5.91 Å². The lowest BCUT2D eigenvalue weighted by Crippen LogP contribution is -2.27. The second-order valence-corrected chi connectivity index (χ2v) is 12.1. The normalized spacial score (nSPS) is 18.7. The SMILES string of the molecule is CC1CCCC(n2cc(F)c(-c3cc(Cl)ccc3-n3cc(Cl)nn3)cc2=O)c2cc(ccn2)-c2c(cnn2C2CC2)NC1=O. The van der Waals surface area contributed by atoms with Gasteiger partial charge in [0.25, 0.3) is 5.56 Å². The van der Waals surface area contributed by atoms with Gasteiger partial charge >= 0.3 is 0 Å². The van der Waals surface area contributed by atoms with E-state index in [2.05, 4.69) is 25.7 Å². The van der Waals surface area contributed by atoms with Gasteiger partial charge in [0.15, 0.2) is 5.15 Å². The van der Waals surface area contributed by atoms with Crippen molar-refractivity contribution in [2.75, 3.05) is 5.32 Å². The van der Waals surface area contributed by atoms with Crippen LogP contribution in [0.2, 0.25) is 10.2 Å². The molecule has 224 valence electrons. The molecular formula is C31H27Cl2FN8O2. The number of benzene rings is 1. The number of carbonyl (C=O) groups is 1. The summed E-state index contributed by atoms with van der Waals surface area (Å²) in [5.41, 5.74) is 3.34. The number of hydrogen-bond acceptors (Lipinski definition) is 6. The third-order valence-electron chi connectivity index (χ3n) is 8.23. The summed E-state index contributed by atoms with van der Waals surface area (Å²) in [6.45, 7) is 1.88. The average Bonchev–Trinajstić information content (AvgIpc) is 3.63. The Kier molecular flexibility index (Phi) is 7.30. The minimum Gasteiger partial charge on any atom is -0.323 e. The monoisotopic (exact) mass is 632 g/mol. The number of anilines is 1. The highest BCUT2D eigenvalue weighted by Gasteiger charge is 2.31. The van der Waals surface area contributed by atoms with Crippen LogP contribution in [-0.2, 0) is 4.79 Å². The highest BCUT2D eigenvalue weighted by atomic mass is 35.5. The molecule has 1 amide bonds. The van der Waals surface area contributed by atoms with Gasteiger partial charge in [-0.1, -0.05) is 41.8 Å². The molecule has 1 fully saturated rings. The van der Waals surface area contributed by atoms with Gasteiger partial charge in [-0.2, -0.15) is 5.10 Å². The maximum absolute atomic E-state index is 16.1. The number of nitrogens with zero attached hydrogens (tertiary/aromatic N) is 7. The summed E-state index contributed by atoms with van der Waals surface area (Å²) in [4.78, 5) is 31.5. The first-order chi connectivity index (χ1) is 21.3. The lowest BCUT2D eigenvalue weighted by molar-refractivity contribution is -0.119. The van der Waals surface area contributed by atoms with Crippen LogP contribution in [0.15, 0.2) is 66.0 Å². The summed E-state index contributed by atoms with van der Waals surface area (Å²) in [7, 11) is 0. The molecule has 1 aliphatic carbocycles. The van der Waals surface area contributed by atoms with E-state index in [0.29, 0.717) is 46.9 Å². The van der Waals surface area contributed by atoms with E-state index < -0.39 is 17.4 Å². The van der Waals surface area contributed by atoms with Gasteiger partial charge in [-0.15, -0.1) is 5.10 Å². The fourth-order valence-electron chi connectivity index (χ4n) is 5.81. The number of amides is 1. The molecule has 1 saturated carbocycles. The van der Waals surface area contributed by atoms with Gasteiger partial charge in [-0.25, -0.2) is 9.07 Å². The summed E-state index contributed by atoms with van der Waals surface area (Å²) >= 11 is 12.3. The minimum atomic E-state index is -0.622. The molecule has 13 heteroatoms. The van der Waals surface area contributed by atoms with Crippen molar-refractivity contribution in [1.82, 2.24) is 34.3 Å². The fourth-order valence-corrected chi connectivity index (χ4v) is 6.10. The first-order valence-electron chi connectivity index (χ1n) is 14.4. The smallest absolute Gasteiger partial charge is 0.251 e. The highest BCUT2D eigenvalue weighted by molar-refractivity contribution is 6.31. The maximum atomic E-state index is 16.1. The molecule has 0 spiro atoms. The van der Waals surface area contributed by atoms with Gasteiger partial charge in [0.1, 0.15) is 5.82 Å². The standard InChI is InChI=1S/C31H27Cl2FN8O2/c1-17-3-2-4-27(24-11-18(9-10-35-24)30-25(37-31(17)44)14-36-42(30)20-6-7-20)40-15-23(34)21(13-29(40)43)22-12-19(32)5-8-26(22)41-16-28(33)38-39-41/h5,8-17,20,27H,2-4,6-7H2,1H3,(H,37,44). The van der Waals surface area contributed by atoms with Crippen LogP contribution in [0.5, 0.6) is 0 Å². The van der Waals surface area contributed by atoms with Gasteiger partial charge in [0.05, 0.1) is 47.2 Å². The van der Waals surface area contributed by atoms with Crippen molar-refractivity contribution in [2.45, 2.75) is 51.1 Å². The molecule has 4 aromatic heterocycles. The van der Waals surface area contributed by atoms with Crippen molar-refractivity contribution in [3.05, 3.63) is 93.2 Å². The molecule has 7 rings (SSSR count). The van der Waals surface area contributed by atoms with Gasteiger partial charge in [0, 0.05) is 46.1 Å². The number of hydrogen-bond donors (Lipinski definition) is 1. The topological polar surface area (TPSA) is 113 Å². The molecule has 2 unspecified atom stereocenters. The largest absolute Gasteiger partial charge is 0.323 e. The zero-order valence-electron chi connectivity index (χ0n) is 23.6. The predicted molar refractivity (Wildman–Crippen MR) is 165 cm³/mol. The quantitative estimate of drug-likeness (QED) is 0.242. The van der Waals surface area contributed by atoms with Crippen molar-refractivity contribution in [1.29, 1.82) is 0 Å². The number of aromatic nitrogens is 7. The van der Waals surface area contributed by atoms with E-state index in [1.54, 1.807) is 30.6 Å². The Bertz CT molecular complexity index is 1960. The van der Waals surface area contributed by atoms with Crippen LogP contribution in [0.3, 0.4) is 0 Å². The van der Waals surface area contributed by atoms with E-state index in [1.807, 2.05) is 23.7 Å². The number of fused-ring (bicyclic) bond motifs is 4. The van der Waals surface area contributed by atoms with E-state index in [4.69, 9.17) is 23.2 Å². The van der Waals surface area contributed by atoms with Crippen LogP contribution in [0.1, 0.15) is 56.8 Å². The molecule has 5 aromatic rings. The van der Waals surface area contributed by atoms with Crippen molar-refractivity contribution >= 4 is 34.8 Å². The number of pyridine rings is 2. The molecule has 5 heterocycles. The maximum Gasteiger partial charge on any atom is 0.251 e. The lowest BCUT2D eigenvalue weighted by atomic mass is 9.96. The Morgan fingerprint density at radius 2 is 1.84 bits per heavy atom. The van der Waals surface area contributed by atoms with Crippen LogP contribution < -0.4 is 10.9 Å². The van der Waals surface area contributed by atoms with Crippen molar-refractivity contribution in [2.24, 2.45) is 5.92 Å². The first kappa shape index (κ1) is 28.4. The second kappa shape index (κ2) is 11.3. The lowest BCUT2D eigenvalue weighted by Gasteiger charge is -2.23. The number of carbonyl (C=O) groups excluding carboxylic acids is 1. The van der Waals surface area contributed by atoms with E-state index in [0.717, 1.165) is 24.1 Å². The second-order valence-electron chi connectivity index (χ2n) is 11.3. The summed E-state index contributed by atoms with van der Waals surface area (Å²) in [6, 6.07) is 9.60. The molecule has 2 bridgehead atoms. The van der Waals surface area contributed by atoms with Crippen molar-refractivity contribution < 1.29 is 9.18 Å².